The van der Waals surface area contributed by atoms with Crippen molar-refractivity contribution in [3.63, 3.8) is 0 Å². The molecule has 2 saturated carbocycles. The zero-order valence-electron chi connectivity index (χ0n) is 8.97. The molecule has 0 bridgehead atoms. The Bertz CT molecular complexity index is 264. The minimum atomic E-state index is 0.493. The van der Waals surface area contributed by atoms with E-state index in [9.17, 15) is 0 Å². The van der Waals surface area contributed by atoms with E-state index in [1.807, 2.05) is 0 Å². The normalized spacial score (nSPS) is 32.0. The first kappa shape index (κ1) is 8.76. The molecule has 3 rings (SSSR count). The van der Waals surface area contributed by atoms with Crippen molar-refractivity contribution in [2.24, 2.45) is 10.8 Å². The molecule has 0 atom stereocenters. The average molecular weight is 188 g/mol. The lowest BCUT2D eigenvalue weighted by atomic mass is 9.59. The minimum absolute atomic E-state index is 0.493. The Labute approximate surface area is 87.1 Å². The molecule has 2 spiro atoms. The fourth-order valence-corrected chi connectivity index (χ4v) is 4.19. The molecule has 2 fully saturated rings. The SMILES string of the molecule is C1=CC2(C=C1)CCCC21CCCCC1. The highest BCUT2D eigenvalue weighted by Crippen LogP contribution is 2.62. The molecule has 0 aromatic carbocycles. The van der Waals surface area contributed by atoms with Crippen LogP contribution in [0.25, 0.3) is 0 Å². The van der Waals surface area contributed by atoms with Gasteiger partial charge in [-0.3, -0.25) is 0 Å². The molecule has 0 aromatic heterocycles. The van der Waals surface area contributed by atoms with Crippen LogP contribution in [0, 0.1) is 10.8 Å². The summed E-state index contributed by atoms with van der Waals surface area (Å²) in [5.41, 5.74) is 1.17. The maximum atomic E-state index is 2.51. The van der Waals surface area contributed by atoms with Gasteiger partial charge in [0.25, 0.3) is 0 Å². The summed E-state index contributed by atoms with van der Waals surface area (Å²) in [7, 11) is 0. The van der Waals surface area contributed by atoms with E-state index in [2.05, 4.69) is 24.3 Å². The van der Waals surface area contributed by atoms with Gasteiger partial charge in [0, 0.05) is 5.41 Å². The molecule has 76 valence electrons. The zero-order valence-corrected chi connectivity index (χ0v) is 8.97. The van der Waals surface area contributed by atoms with Crippen LogP contribution in [0.1, 0.15) is 51.4 Å². The summed E-state index contributed by atoms with van der Waals surface area (Å²) in [6.07, 6.45) is 21.3. The molecular formula is C14H20. The Morgan fingerprint density at radius 1 is 0.643 bits per heavy atom. The Morgan fingerprint density at radius 3 is 2.00 bits per heavy atom. The van der Waals surface area contributed by atoms with Crippen LogP contribution in [0.15, 0.2) is 24.3 Å². The standard InChI is InChI=1S/C14H20/c1-2-7-13(8-3-1)11-6-12-14(13)9-4-5-10-14/h4-5,9-10H,1-3,6-8,11-12H2. The minimum Gasteiger partial charge on any atom is -0.0740 e. The van der Waals surface area contributed by atoms with Gasteiger partial charge in [-0.1, -0.05) is 50.0 Å². The van der Waals surface area contributed by atoms with Crippen LogP contribution >= 0.6 is 0 Å². The molecule has 0 nitrogen and oxygen atoms in total. The highest BCUT2D eigenvalue weighted by molar-refractivity contribution is 5.31. The summed E-state index contributed by atoms with van der Waals surface area (Å²) in [4.78, 5) is 0. The molecule has 14 heavy (non-hydrogen) atoms. The monoisotopic (exact) mass is 188 g/mol. The van der Waals surface area contributed by atoms with Gasteiger partial charge in [0.15, 0.2) is 0 Å². The van der Waals surface area contributed by atoms with Gasteiger partial charge in [0.2, 0.25) is 0 Å². The van der Waals surface area contributed by atoms with Gasteiger partial charge in [-0.15, -0.1) is 0 Å². The summed E-state index contributed by atoms with van der Waals surface area (Å²) < 4.78 is 0. The molecule has 0 N–H and O–H groups in total. The topological polar surface area (TPSA) is 0 Å². The Balaban J connectivity index is 1.96. The molecule has 0 unspecified atom stereocenters. The molecule has 0 saturated heterocycles. The van der Waals surface area contributed by atoms with Crippen molar-refractivity contribution in [1.29, 1.82) is 0 Å². The lowest BCUT2D eigenvalue weighted by molar-refractivity contribution is 0.106. The Hall–Kier alpha value is -0.520. The molecule has 3 aliphatic rings. The molecule has 0 aromatic rings. The van der Waals surface area contributed by atoms with E-state index in [0.29, 0.717) is 10.8 Å². The van der Waals surface area contributed by atoms with E-state index in [1.165, 1.54) is 51.4 Å². The number of fused-ring (bicyclic) bond motifs is 1. The second-order valence-corrected chi connectivity index (χ2v) is 5.45. The fourth-order valence-electron chi connectivity index (χ4n) is 4.19. The van der Waals surface area contributed by atoms with E-state index in [-0.39, 0.29) is 0 Å². The van der Waals surface area contributed by atoms with Crippen LogP contribution in [0.3, 0.4) is 0 Å². The van der Waals surface area contributed by atoms with Crippen molar-refractivity contribution >= 4 is 0 Å². The lowest BCUT2D eigenvalue weighted by Crippen LogP contribution is -2.35. The highest BCUT2D eigenvalue weighted by Gasteiger charge is 2.51. The van der Waals surface area contributed by atoms with E-state index < -0.39 is 0 Å². The summed E-state index contributed by atoms with van der Waals surface area (Å²) in [5, 5.41) is 0. The molecule has 0 radical (unpaired) electrons. The highest BCUT2D eigenvalue weighted by atomic mass is 14.6. The van der Waals surface area contributed by atoms with Gasteiger partial charge in [0.05, 0.1) is 0 Å². The Kier molecular flexibility index (Phi) is 1.87. The third-order valence-electron chi connectivity index (χ3n) is 4.94. The van der Waals surface area contributed by atoms with Crippen molar-refractivity contribution < 1.29 is 0 Å². The summed E-state index contributed by atoms with van der Waals surface area (Å²) in [5.74, 6) is 0. The zero-order chi connectivity index (χ0) is 9.49. The molecule has 0 heteroatoms. The number of allylic oxidation sites excluding steroid dienone is 4. The summed E-state index contributed by atoms with van der Waals surface area (Å²) in [6.45, 7) is 0. The number of hydrogen-bond acceptors (Lipinski definition) is 0. The van der Waals surface area contributed by atoms with E-state index in [0.717, 1.165) is 0 Å². The molecule has 0 heterocycles. The molecule has 3 aliphatic carbocycles. The maximum absolute atomic E-state index is 2.51. The van der Waals surface area contributed by atoms with Crippen LogP contribution in [0.2, 0.25) is 0 Å². The van der Waals surface area contributed by atoms with E-state index in [1.54, 1.807) is 0 Å². The summed E-state index contributed by atoms with van der Waals surface area (Å²) >= 11 is 0. The van der Waals surface area contributed by atoms with Crippen LogP contribution in [-0.2, 0) is 0 Å². The second-order valence-electron chi connectivity index (χ2n) is 5.45. The fraction of sp³-hybridized carbons (Fsp3) is 0.714. The van der Waals surface area contributed by atoms with Gasteiger partial charge in [-0.25, -0.2) is 0 Å². The first-order chi connectivity index (χ1) is 6.87. The van der Waals surface area contributed by atoms with Crippen molar-refractivity contribution in [1.82, 2.24) is 0 Å². The van der Waals surface area contributed by atoms with Crippen molar-refractivity contribution in [2.75, 3.05) is 0 Å². The first-order valence-corrected chi connectivity index (χ1v) is 6.24. The van der Waals surface area contributed by atoms with Crippen molar-refractivity contribution in [2.45, 2.75) is 51.4 Å². The van der Waals surface area contributed by atoms with Crippen LogP contribution in [-0.4, -0.2) is 0 Å². The number of rotatable bonds is 0. The maximum Gasteiger partial charge on any atom is 0.0123 e. The summed E-state index contributed by atoms with van der Waals surface area (Å²) in [6, 6.07) is 0. The third-order valence-corrected chi connectivity index (χ3v) is 4.94. The second kappa shape index (κ2) is 2.98. The molecule has 0 amide bonds. The van der Waals surface area contributed by atoms with Gasteiger partial charge >= 0.3 is 0 Å². The van der Waals surface area contributed by atoms with E-state index >= 15 is 0 Å². The van der Waals surface area contributed by atoms with Crippen LogP contribution < -0.4 is 0 Å². The van der Waals surface area contributed by atoms with E-state index in [4.69, 9.17) is 0 Å². The predicted octanol–water partition coefficient (Wildman–Crippen LogP) is 4.23. The van der Waals surface area contributed by atoms with Gasteiger partial charge < -0.3 is 0 Å². The predicted molar refractivity (Wildman–Crippen MR) is 60.1 cm³/mol. The number of hydrogen-bond donors (Lipinski definition) is 0. The van der Waals surface area contributed by atoms with Crippen LogP contribution in [0.5, 0.6) is 0 Å². The van der Waals surface area contributed by atoms with Gasteiger partial charge in [-0.05, 0) is 31.1 Å². The molecular weight excluding hydrogens is 168 g/mol. The average Bonchev–Trinajstić information content (AvgIpc) is 2.80. The quantitative estimate of drug-likeness (QED) is 0.533. The lowest BCUT2D eigenvalue weighted by Gasteiger charge is -2.45. The van der Waals surface area contributed by atoms with Crippen LogP contribution in [0.4, 0.5) is 0 Å². The third kappa shape index (κ3) is 1.00. The largest absolute Gasteiger partial charge is 0.0740 e. The Morgan fingerprint density at radius 2 is 1.29 bits per heavy atom. The van der Waals surface area contributed by atoms with Crippen molar-refractivity contribution in [3.05, 3.63) is 24.3 Å². The smallest absolute Gasteiger partial charge is 0.0123 e. The van der Waals surface area contributed by atoms with Gasteiger partial charge in [-0.2, -0.15) is 0 Å². The van der Waals surface area contributed by atoms with Crippen molar-refractivity contribution in [3.8, 4) is 0 Å². The molecule has 0 aliphatic heterocycles. The van der Waals surface area contributed by atoms with Gasteiger partial charge in [0.1, 0.15) is 0 Å². The first-order valence-electron chi connectivity index (χ1n) is 6.24.